The molecular weight excluding hydrogens is 568 g/mol. The molecule has 2 fully saturated rings. The normalized spacial score (nSPS) is 19.1. The molecule has 1 aromatic carbocycles. The smallest absolute Gasteiger partial charge is 0.319 e. The molecule has 3 aromatic heterocycles. The summed E-state index contributed by atoms with van der Waals surface area (Å²) >= 11 is 0. The zero-order valence-electron chi connectivity index (χ0n) is 24.9. The van der Waals surface area contributed by atoms with Crippen LogP contribution in [0.4, 0.5) is 14.6 Å². The molecule has 4 aromatic rings. The number of nitrogens with zero attached hydrogens (tertiary/aromatic N) is 9. The van der Waals surface area contributed by atoms with Gasteiger partial charge >= 0.3 is 6.01 Å². The number of aryl methyl sites for hydroxylation is 2. The number of pyridine rings is 1. The Kier molecular flexibility index (Phi) is 7.85. The van der Waals surface area contributed by atoms with Crippen LogP contribution in [-0.2, 0) is 11.8 Å². The van der Waals surface area contributed by atoms with Gasteiger partial charge in [0.15, 0.2) is 11.6 Å². The van der Waals surface area contributed by atoms with Gasteiger partial charge in [0.1, 0.15) is 29.7 Å². The predicted octanol–water partition coefficient (Wildman–Crippen LogP) is 3.92. The molecule has 2 atom stereocenters. The number of likely N-dealkylation sites (N-methyl/N-ethyl adjacent to an activating group) is 1. The van der Waals surface area contributed by atoms with Gasteiger partial charge in [-0.15, -0.1) is 0 Å². The second-order valence-corrected chi connectivity index (χ2v) is 11.4. The predicted molar refractivity (Wildman–Crippen MR) is 162 cm³/mol. The van der Waals surface area contributed by atoms with Crippen molar-refractivity contribution in [1.82, 2.24) is 34.5 Å². The van der Waals surface area contributed by atoms with Crippen LogP contribution in [0, 0.1) is 19.3 Å². The molecule has 0 unspecified atom stereocenters. The lowest BCUT2D eigenvalue weighted by Gasteiger charge is -2.39. The number of anilines is 1. The Balaban J connectivity index is 1.46. The molecule has 0 aliphatic carbocycles. The van der Waals surface area contributed by atoms with E-state index in [1.807, 2.05) is 31.0 Å². The van der Waals surface area contributed by atoms with Gasteiger partial charge in [0.2, 0.25) is 6.54 Å². The highest BCUT2D eigenvalue weighted by Crippen LogP contribution is 2.37. The summed E-state index contributed by atoms with van der Waals surface area (Å²) in [7, 11) is 3.84. The number of fused-ring (bicyclic) bond motifs is 2. The fraction of sp³-hybridized carbons (Fsp3) is 0.419. The lowest BCUT2D eigenvalue weighted by atomic mass is 10.0. The van der Waals surface area contributed by atoms with Gasteiger partial charge in [0, 0.05) is 49.9 Å². The standard InChI is InChI=1S/C31H33F2N9O2/c1-18-8-9-20-13-36-40(5)28(20)24(18)27-25(33)26-23(15-35-27)29(38-31(37-26)44-17-21-7-6-10-39(21)4)41-11-12-42(30(43)19(2)32)22(16-41)14-34-3/h8-9,13,15,21-22H,2,6-7,10-12,14,16-17H2,1,4-5H3/t21-,22-/m0/s1. The number of aromatic nitrogens is 5. The van der Waals surface area contributed by atoms with Crippen molar-refractivity contribution in [1.29, 1.82) is 0 Å². The van der Waals surface area contributed by atoms with Gasteiger partial charge in [0.25, 0.3) is 5.91 Å². The van der Waals surface area contributed by atoms with Crippen LogP contribution in [0.2, 0.25) is 0 Å². The lowest BCUT2D eigenvalue weighted by Crippen LogP contribution is -2.56. The molecule has 0 radical (unpaired) electrons. The van der Waals surface area contributed by atoms with Crippen LogP contribution in [0.5, 0.6) is 6.01 Å². The zero-order chi connectivity index (χ0) is 31.1. The Morgan fingerprint density at radius 3 is 2.73 bits per heavy atom. The van der Waals surface area contributed by atoms with Crippen molar-refractivity contribution in [2.45, 2.75) is 31.8 Å². The second kappa shape index (κ2) is 11.8. The quantitative estimate of drug-likeness (QED) is 0.232. The molecule has 0 bridgehead atoms. The second-order valence-electron chi connectivity index (χ2n) is 11.4. The molecule has 44 heavy (non-hydrogen) atoms. The van der Waals surface area contributed by atoms with Crippen molar-refractivity contribution in [2.75, 3.05) is 51.3 Å². The van der Waals surface area contributed by atoms with E-state index >= 15 is 4.39 Å². The highest BCUT2D eigenvalue weighted by atomic mass is 19.1. The number of hydrogen-bond acceptors (Lipinski definition) is 8. The molecule has 11 nitrogen and oxygen atoms in total. The van der Waals surface area contributed by atoms with Gasteiger partial charge in [-0.05, 0) is 38.9 Å². The largest absolute Gasteiger partial charge is 0.462 e. The van der Waals surface area contributed by atoms with Crippen molar-refractivity contribution in [3.05, 3.63) is 59.7 Å². The fourth-order valence-corrected chi connectivity index (χ4v) is 6.26. The lowest BCUT2D eigenvalue weighted by molar-refractivity contribution is -0.131. The molecule has 0 saturated carbocycles. The number of benzene rings is 1. The number of piperazine rings is 1. The average Bonchev–Trinajstić information content (AvgIpc) is 3.60. The first-order chi connectivity index (χ1) is 21.2. The van der Waals surface area contributed by atoms with Crippen LogP contribution in [-0.4, -0.2) is 98.9 Å². The van der Waals surface area contributed by atoms with E-state index in [9.17, 15) is 9.18 Å². The van der Waals surface area contributed by atoms with E-state index in [0.29, 0.717) is 23.4 Å². The molecule has 2 saturated heterocycles. The highest BCUT2D eigenvalue weighted by Gasteiger charge is 2.35. The number of hydrogen-bond donors (Lipinski definition) is 0. The van der Waals surface area contributed by atoms with Crippen LogP contribution < -0.4 is 9.64 Å². The molecular formula is C31H33F2N9O2. The van der Waals surface area contributed by atoms with E-state index in [0.717, 1.165) is 35.9 Å². The van der Waals surface area contributed by atoms with Gasteiger partial charge in [-0.1, -0.05) is 18.7 Å². The van der Waals surface area contributed by atoms with Crippen molar-refractivity contribution >= 4 is 33.5 Å². The summed E-state index contributed by atoms with van der Waals surface area (Å²) in [5.74, 6) is -2.16. The molecule has 13 heteroatoms. The first-order valence-corrected chi connectivity index (χ1v) is 14.5. The first kappa shape index (κ1) is 29.4. The third-order valence-corrected chi connectivity index (χ3v) is 8.65. The van der Waals surface area contributed by atoms with E-state index in [1.54, 1.807) is 24.1 Å². The Morgan fingerprint density at radius 1 is 1.18 bits per heavy atom. The SMILES string of the molecule is [C-]#[N+]C[C@H]1CN(c2nc(OC[C@@H]3CCCN3C)nc3c(F)c(-c4c(C)ccc5cnn(C)c45)ncc23)CCN1C(=O)C(=C)F. The molecule has 5 heterocycles. The number of halogens is 2. The van der Waals surface area contributed by atoms with E-state index in [2.05, 4.69) is 31.4 Å². The van der Waals surface area contributed by atoms with Crippen LogP contribution in [0.3, 0.4) is 0 Å². The highest BCUT2D eigenvalue weighted by molar-refractivity contribution is 5.98. The summed E-state index contributed by atoms with van der Waals surface area (Å²) in [6.07, 6.45) is 5.32. The van der Waals surface area contributed by atoms with Gasteiger partial charge < -0.3 is 24.3 Å². The number of ether oxygens (including phenoxy) is 1. The summed E-state index contributed by atoms with van der Waals surface area (Å²) in [5, 5.41) is 5.58. The number of likely N-dealkylation sites (tertiary alicyclic amines) is 1. The Hall–Kier alpha value is -4.70. The molecule has 2 aliphatic rings. The third-order valence-electron chi connectivity index (χ3n) is 8.65. The Bertz CT molecular complexity index is 1820. The number of amides is 1. The summed E-state index contributed by atoms with van der Waals surface area (Å²) < 4.78 is 38.3. The van der Waals surface area contributed by atoms with E-state index in [4.69, 9.17) is 16.3 Å². The van der Waals surface area contributed by atoms with Gasteiger partial charge in [-0.25, -0.2) is 15.4 Å². The minimum Gasteiger partial charge on any atom is -0.462 e. The maximum Gasteiger partial charge on any atom is 0.319 e. The summed E-state index contributed by atoms with van der Waals surface area (Å²) in [6, 6.07) is 3.44. The molecule has 0 N–H and O–H groups in total. The zero-order valence-corrected chi connectivity index (χ0v) is 24.9. The van der Waals surface area contributed by atoms with Crippen LogP contribution in [0.15, 0.2) is 36.9 Å². The maximum absolute atomic E-state index is 16.7. The summed E-state index contributed by atoms with van der Waals surface area (Å²) in [4.78, 5) is 35.2. The molecule has 1 amide bonds. The van der Waals surface area contributed by atoms with Crippen molar-refractivity contribution in [2.24, 2.45) is 7.05 Å². The minimum absolute atomic E-state index is 0.0247. The summed E-state index contributed by atoms with van der Waals surface area (Å²) in [5.41, 5.74) is 2.39. The molecule has 0 spiro atoms. The van der Waals surface area contributed by atoms with E-state index in [1.165, 1.54) is 4.90 Å². The fourth-order valence-electron chi connectivity index (χ4n) is 6.26. The van der Waals surface area contributed by atoms with Gasteiger partial charge in [0.05, 0.1) is 17.1 Å². The topological polar surface area (TPSA) is 96.9 Å². The Morgan fingerprint density at radius 2 is 2.00 bits per heavy atom. The van der Waals surface area contributed by atoms with Gasteiger partial charge in [-0.3, -0.25) is 14.5 Å². The monoisotopic (exact) mass is 601 g/mol. The number of carbonyl (C=O) groups excluding carboxylic acids is 1. The van der Waals surface area contributed by atoms with Crippen LogP contribution in [0.25, 0.3) is 37.9 Å². The third kappa shape index (κ3) is 5.19. The Labute approximate surface area is 253 Å². The van der Waals surface area contributed by atoms with Crippen molar-refractivity contribution < 1.29 is 18.3 Å². The van der Waals surface area contributed by atoms with Crippen LogP contribution >= 0.6 is 0 Å². The number of rotatable bonds is 7. The summed E-state index contributed by atoms with van der Waals surface area (Å²) in [6.45, 7) is 14.3. The maximum atomic E-state index is 16.7. The molecule has 2 aliphatic heterocycles. The van der Waals surface area contributed by atoms with Gasteiger partial charge in [-0.2, -0.15) is 15.1 Å². The average molecular weight is 602 g/mol. The molecule has 6 rings (SSSR count). The van der Waals surface area contributed by atoms with E-state index < -0.39 is 23.6 Å². The molecule has 228 valence electrons. The van der Waals surface area contributed by atoms with Crippen molar-refractivity contribution in [3.63, 3.8) is 0 Å². The van der Waals surface area contributed by atoms with Crippen LogP contribution in [0.1, 0.15) is 18.4 Å². The van der Waals surface area contributed by atoms with Crippen molar-refractivity contribution in [3.8, 4) is 17.3 Å². The minimum atomic E-state index is -1.08. The first-order valence-electron chi connectivity index (χ1n) is 14.5. The van der Waals surface area contributed by atoms with E-state index in [-0.39, 0.29) is 49.4 Å². The number of carbonyl (C=O) groups is 1.